The van der Waals surface area contributed by atoms with E-state index in [2.05, 4.69) is 27.0 Å². The van der Waals surface area contributed by atoms with Crippen molar-refractivity contribution < 1.29 is 4.79 Å². The molecule has 0 fully saturated rings. The van der Waals surface area contributed by atoms with E-state index in [0.717, 1.165) is 30.9 Å². The molecule has 0 aromatic carbocycles. The van der Waals surface area contributed by atoms with E-state index < -0.39 is 0 Å². The summed E-state index contributed by atoms with van der Waals surface area (Å²) in [5.74, 6) is 1.01. The summed E-state index contributed by atoms with van der Waals surface area (Å²) >= 11 is 0. The summed E-state index contributed by atoms with van der Waals surface area (Å²) in [4.78, 5) is 16.0. The van der Waals surface area contributed by atoms with Gasteiger partial charge in [0, 0.05) is 31.2 Å². The van der Waals surface area contributed by atoms with Crippen LogP contribution in [-0.4, -0.2) is 30.1 Å². The van der Waals surface area contributed by atoms with Gasteiger partial charge in [0.2, 0.25) is 0 Å². The van der Waals surface area contributed by atoms with Crippen molar-refractivity contribution in [2.45, 2.75) is 39.2 Å². The lowest BCUT2D eigenvalue weighted by Crippen LogP contribution is -2.40. The van der Waals surface area contributed by atoms with Crippen LogP contribution in [0.2, 0.25) is 0 Å². The van der Waals surface area contributed by atoms with Gasteiger partial charge in [-0.1, -0.05) is 6.07 Å². The maximum atomic E-state index is 11.4. The maximum absolute atomic E-state index is 11.4. The fourth-order valence-electron chi connectivity index (χ4n) is 2.13. The van der Waals surface area contributed by atoms with E-state index in [-0.39, 0.29) is 12.1 Å². The average molecular weight is 262 g/mol. The summed E-state index contributed by atoms with van der Waals surface area (Å²) in [5, 5.41) is 8.95. The lowest BCUT2D eigenvalue weighted by atomic mass is 10.1. The van der Waals surface area contributed by atoms with Crippen molar-refractivity contribution in [3.05, 3.63) is 23.4 Å². The lowest BCUT2D eigenvalue weighted by molar-refractivity contribution is 0.238. The summed E-state index contributed by atoms with van der Waals surface area (Å²) in [6.07, 6.45) is 3.02. The molecule has 2 rings (SSSR count). The highest BCUT2D eigenvalue weighted by Gasteiger charge is 2.10. The van der Waals surface area contributed by atoms with Crippen molar-refractivity contribution in [3.63, 3.8) is 0 Å². The van der Waals surface area contributed by atoms with Gasteiger partial charge in [-0.3, -0.25) is 0 Å². The minimum atomic E-state index is -0.119. The van der Waals surface area contributed by atoms with Gasteiger partial charge < -0.3 is 16.0 Å². The summed E-state index contributed by atoms with van der Waals surface area (Å²) in [6.45, 7) is 5.48. The third kappa shape index (κ3) is 4.12. The first-order chi connectivity index (χ1) is 9.15. The number of carbonyl (C=O) groups is 1. The summed E-state index contributed by atoms with van der Waals surface area (Å²) < 4.78 is 0. The topological polar surface area (TPSA) is 66.0 Å². The predicted molar refractivity (Wildman–Crippen MR) is 76.4 cm³/mol. The van der Waals surface area contributed by atoms with Crippen LogP contribution in [0, 0.1) is 0 Å². The second kappa shape index (κ2) is 6.41. The number of aromatic nitrogens is 1. The van der Waals surface area contributed by atoms with Crippen LogP contribution < -0.4 is 16.0 Å². The zero-order valence-corrected chi connectivity index (χ0v) is 11.6. The van der Waals surface area contributed by atoms with Crippen molar-refractivity contribution in [1.82, 2.24) is 15.6 Å². The highest BCUT2D eigenvalue weighted by Crippen LogP contribution is 2.19. The van der Waals surface area contributed by atoms with Gasteiger partial charge in [0.15, 0.2) is 0 Å². The van der Waals surface area contributed by atoms with Crippen molar-refractivity contribution in [2.24, 2.45) is 0 Å². The van der Waals surface area contributed by atoms with E-state index in [1.54, 1.807) is 0 Å². The van der Waals surface area contributed by atoms with Crippen molar-refractivity contribution in [2.75, 3.05) is 18.4 Å². The van der Waals surface area contributed by atoms with Crippen LogP contribution in [0.5, 0.6) is 0 Å². The van der Waals surface area contributed by atoms with Crippen LogP contribution in [0.25, 0.3) is 0 Å². The Morgan fingerprint density at radius 1 is 1.47 bits per heavy atom. The Morgan fingerprint density at radius 3 is 3.11 bits per heavy atom. The number of amides is 2. The highest BCUT2D eigenvalue weighted by atomic mass is 16.2. The molecule has 0 unspecified atom stereocenters. The van der Waals surface area contributed by atoms with Crippen LogP contribution in [0.15, 0.2) is 12.1 Å². The van der Waals surface area contributed by atoms with Crippen LogP contribution in [0.4, 0.5) is 10.6 Å². The minimum Gasteiger partial charge on any atom is -0.370 e. The molecule has 3 N–H and O–H groups in total. The first kappa shape index (κ1) is 13.6. The number of pyridine rings is 1. The van der Waals surface area contributed by atoms with Gasteiger partial charge in [-0.05, 0) is 38.3 Å². The highest BCUT2D eigenvalue weighted by molar-refractivity contribution is 5.74. The molecule has 2 heterocycles. The summed E-state index contributed by atoms with van der Waals surface area (Å²) in [6, 6.07) is 4.23. The van der Waals surface area contributed by atoms with Gasteiger partial charge in [0.1, 0.15) is 5.82 Å². The number of rotatable bonds is 4. The molecule has 0 radical (unpaired) electrons. The fourth-order valence-corrected chi connectivity index (χ4v) is 2.13. The number of anilines is 1. The molecule has 0 saturated carbocycles. The van der Waals surface area contributed by atoms with Gasteiger partial charge in [0.25, 0.3) is 0 Å². The number of nitrogens with zero attached hydrogens (tertiary/aromatic N) is 1. The Balaban J connectivity index is 1.81. The summed E-state index contributed by atoms with van der Waals surface area (Å²) in [7, 11) is 0. The van der Waals surface area contributed by atoms with E-state index in [1.807, 2.05) is 19.9 Å². The number of carbonyl (C=O) groups excluding carboxylic acids is 1. The molecule has 5 heteroatoms. The third-order valence-corrected chi connectivity index (χ3v) is 3.04. The zero-order valence-electron chi connectivity index (χ0n) is 11.6. The minimum absolute atomic E-state index is 0.119. The van der Waals surface area contributed by atoms with Gasteiger partial charge in [-0.2, -0.15) is 0 Å². The van der Waals surface area contributed by atoms with E-state index in [9.17, 15) is 4.79 Å². The molecule has 2 amide bonds. The van der Waals surface area contributed by atoms with Crippen LogP contribution in [-0.2, 0) is 12.8 Å². The largest absolute Gasteiger partial charge is 0.370 e. The molecule has 1 aliphatic heterocycles. The van der Waals surface area contributed by atoms with Gasteiger partial charge in [-0.15, -0.1) is 0 Å². The van der Waals surface area contributed by atoms with E-state index >= 15 is 0 Å². The molecule has 1 aromatic rings. The Labute approximate surface area is 114 Å². The Morgan fingerprint density at radius 2 is 2.32 bits per heavy atom. The van der Waals surface area contributed by atoms with Gasteiger partial charge in [-0.25, -0.2) is 9.78 Å². The molecule has 0 aliphatic carbocycles. The molecule has 5 nitrogen and oxygen atoms in total. The lowest BCUT2D eigenvalue weighted by Gasteiger charge is -2.17. The van der Waals surface area contributed by atoms with Crippen LogP contribution >= 0.6 is 0 Å². The number of fused-ring (bicyclic) bond motifs is 1. The quantitative estimate of drug-likeness (QED) is 0.773. The first-order valence-electron chi connectivity index (χ1n) is 6.92. The molecule has 1 aromatic heterocycles. The molecule has 0 atom stereocenters. The van der Waals surface area contributed by atoms with E-state index in [0.29, 0.717) is 6.54 Å². The smallest absolute Gasteiger partial charge is 0.314 e. The van der Waals surface area contributed by atoms with Crippen molar-refractivity contribution in [3.8, 4) is 0 Å². The Hall–Kier alpha value is -1.78. The third-order valence-electron chi connectivity index (χ3n) is 3.04. The van der Waals surface area contributed by atoms with Crippen LogP contribution in [0.3, 0.4) is 0 Å². The van der Waals surface area contributed by atoms with Crippen molar-refractivity contribution in [1.29, 1.82) is 0 Å². The van der Waals surface area contributed by atoms with Gasteiger partial charge in [0.05, 0.1) is 0 Å². The van der Waals surface area contributed by atoms with E-state index in [4.69, 9.17) is 0 Å². The average Bonchev–Trinajstić information content (AvgIpc) is 2.37. The molecular formula is C14H22N4O. The zero-order chi connectivity index (χ0) is 13.7. The van der Waals surface area contributed by atoms with Crippen LogP contribution in [0.1, 0.15) is 31.5 Å². The number of aryl methyl sites for hydroxylation is 1. The SMILES string of the molecule is CC(C)NC(=O)NCCc1ccc2c(n1)NCCC2. The number of nitrogens with one attached hydrogen (secondary N) is 3. The molecular weight excluding hydrogens is 240 g/mol. The Kier molecular flexibility index (Phi) is 4.60. The molecule has 104 valence electrons. The predicted octanol–water partition coefficient (Wildman–Crippen LogP) is 1.69. The van der Waals surface area contributed by atoms with Gasteiger partial charge >= 0.3 is 6.03 Å². The fraction of sp³-hybridized carbons (Fsp3) is 0.571. The molecule has 0 spiro atoms. The van der Waals surface area contributed by atoms with Crippen molar-refractivity contribution >= 4 is 11.8 Å². The summed E-state index contributed by atoms with van der Waals surface area (Å²) in [5.41, 5.74) is 2.30. The second-order valence-electron chi connectivity index (χ2n) is 5.15. The standard InChI is InChI=1S/C14H22N4O/c1-10(2)17-14(19)16-9-7-12-6-5-11-4-3-8-15-13(11)18-12/h5-6,10H,3-4,7-9H2,1-2H3,(H,15,18)(H2,16,17,19). The normalized spacial score (nSPS) is 13.6. The number of urea groups is 1. The molecule has 0 bridgehead atoms. The monoisotopic (exact) mass is 262 g/mol. The van der Waals surface area contributed by atoms with E-state index in [1.165, 1.54) is 12.0 Å². The number of hydrogen-bond acceptors (Lipinski definition) is 3. The molecule has 19 heavy (non-hydrogen) atoms. The molecule has 1 aliphatic rings. The Bertz CT molecular complexity index is 445. The number of hydrogen-bond donors (Lipinski definition) is 3. The first-order valence-corrected chi connectivity index (χ1v) is 6.92. The second-order valence-corrected chi connectivity index (χ2v) is 5.15. The molecule has 0 saturated heterocycles. The maximum Gasteiger partial charge on any atom is 0.314 e.